The molecule has 0 aromatic heterocycles. The maximum absolute atomic E-state index is 12.5. The van der Waals surface area contributed by atoms with E-state index in [9.17, 15) is 4.79 Å². The smallest absolute Gasteiger partial charge is 0.227 e. The summed E-state index contributed by atoms with van der Waals surface area (Å²) in [5.41, 5.74) is 2.46. The Hall–Kier alpha value is -2.09. The second-order valence-corrected chi connectivity index (χ2v) is 5.75. The third kappa shape index (κ3) is 3.52. The Morgan fingerprint density at radius 1 is 1.00 bits per heavy atom. The summed E-state index contributed by atoms with van der Waals surface area (Å²) in [5.74, 6) is 0.738. The predicted octanol–water partition coefficient (Wildman–Crippen LogP) is 3.64. The highest BCUT2D eigenvalue weighted by atomic mass is 16.2. The summed E-state index contributed by atoms with van der Waals surface area (Å²) < 4.78 is 0. The summed E-state index contributed by atoms with van der Waals surface area (Å²) in [7, 11) is 0. The molecular formula is C19H21NO. The Morgan fingerprint density at radius 2 is 1.67 bits per heavy atom. The fourth-order valence-corrected chi connectivity index (χ4v) is 3.08. The topological polar surface area (TPSA) is 20.3 Å². The molecule has 108 valence electrons. The molecule has 0 bridgehead atoms. The standard InChI is InChI=1S/C19H21NO/c21-19(14-16-8-3-1-4-9-16)20-13-7-12-18(15-20)17-10-5-2-6-11-17/h1-6,8-11,18H,7,12-15H2. The van der Waals surface area contributed by atoms with Crippen LogP contribution in [0.1, 0.15) is 29.9 Å². The molecule has 2 aromatic carbocycles. The molecule has 0 saturated carbocycles. The minimum atomic E-state index is 0.252. The van der Waals surface area contributed by atoms with Crippen molar-refractivity contribution in [2.24, 2.45) is 0 Å². The molecule has 0 aliphatic carbocycles. The van der Waals surface area contributed by atoms with Gasteiger partial charge in [0.05, 0.1) is 6.42 Å². The van der Waals surface area contributed by atoms with E-state index in [1.807, 2.05) is 41.3 Å². The SMILES string of the molecule is O=C(Cc1ccccc1)N1CCCC(c2ccccc2)C1. The lowest BCUT2D eigenvalue weighted by atomic mass is 9.90. The Kier molecular flexibility index (Phi) is 4.34. The highest BCUT2D eigenvalue weighted by molar-refractivity contribution is 5.79. The second-order valence-electron chi connectivity index (χ2n) is 5.75. The number of piperidine rings is 1. The zero-order valence-electron chi connectivity index (χ0n) is 12.2. The van der Waals surface area contributed by atoms with Crippen LogP contribution >= 0.6 is 0 Å². The lowest BCUT2D eigenvalue weighted by Gasteiger charge is -2.33. The number of benzene rings is 2. The molecule has 21 heavy (non-hydrogen) atoms. The molecule has 3 rings (SSSR count). The fraction of sp³-hybridized carbons (Fsp3) is 0.316. The highest BCUT2D eigenvalue weighted by Crippen LogP contribution is 2.27. The molecule has 1 aliphatic heterocycles. The molecule has 1 fully saturated rings. The number of likely N-dealkylation sites (tertiary alicyclic amines) is 1. The van der Waals surface area contributed by atoms with Crippen molar-refractivity contribution in [1.29, 1.82) is 0 Å². The van der Waals surface area contributed by atoms with Crippen LogP contribution in [0.25, 0.3) is 0 Å². The minimum Gasteiger partial charge on any atom is -0.342 e. The summed E-state index contributed by atoms with van der Waals surface area (Å²) in [5, 5.41) is 0. The first-order valence-corrected chi connectivity index (χ1v) is 7.69. The first-order chi connectivity index (χ1) is 10.3. The number of amides is 1. The van der Waals surface area contributed by atoms with Gasteiger partial charge in [-0.1, -0.05) is 60.7 Å². The number of hydrogen-bond donors (Lipinski definition) is 0. The summed E-state index contributed by atoms with van der Waals surface area (Å²) in [6, 6.07) is 20.6. The number of carbonyl (C=O) groups is 1. The normalized spacial score (nSPS) is 18.5. The molecule has 0 radical (unpaired) electrons. The van der Waals surface area contributed by atoms with E-state index in [1.54, 1.807) is 0 Å². The van der Waals surface area contributed by atoms with Gasteiger partial charge < -0.3 is 4.90 Å². The van der Waals surface area contributed by atoms with Gasteiger partial charge in [-0.2, -0.15) is 0 Å². The van der Waals surface area contributed by atoms with E-state index in [4.69, 9.17) is 0 Å². The lowest BCUT2D eigenvalue weighted by Crippen LogP contribution is -2.39. The number of rotatable bonds is 3. The molecule has 1 amide bonds. The van der Waals surface area contributed by atoms with Crippen LogP contribution in [0, 0.1) is 0 Å². The van der Waals surface area contributed by atoms with Crippen LogP contribution in [0.2, 0.25) is 0 Å². The van der Waals surface area contributed by atoms with E-state index in [2.05, 4.69) is 24.3 Å². The van der Waals surface area contributed by atoms with Crippen LogP contribution in [0.15, 0.2) is 60.7 Å². The second kappa shape index (κ2) is 6.57. The zero-order chi connectivity index (χ0) is 14.5. The van der Waals surface area contributed by atoms with Gasteiger partial charge in [0.25, 0.3) is 0 Å². The maximum atomic E-state index is 12.5. The summed E-state index contributed by atoms with van der Waals surface area (Å²) in [6.07, 6.45) is 2.79. The Balaban J connectivity index is 1.64. The molecule has 0 N–H and O–H groups in total. The predicted molar refractivity (Wildman–Crippen MR) is 85.1 cm³/mol. The van der Waals surface area contributed by atoms with Crippen molar-refractivity contribution in [3.63, 3.8) is 0 Å². The molecule has 2 nitrogen and oxygen atoms in total. The van der Waals surface area contributed by atoms with Crippen LogP contribution in [0.4, 0.5) is 0 Å². The Morgan fingerprint density at radius 3 is 2.38 bits per heavy atom. The zero-order valence-corrected chi connectivity index (χ0v) is 12.2. The fourth-order valence-electron chi connectivity index (χ4n) is 3.08. The van der Waals surface area contributed by atoms with Crippen molar-refractivity contribution in [3.8, 4) is 0 Å². The first-order valence-electron chi connectivity index (χ1n) is 7.69. The quantitative estimate of drug-likeness (QED) is 0.840. The molecule has 1 heterocycles. The first kappa shape index (κ1) is 13.9. The van der Waals surface area contributed by atoms with Crippen molar-refractivity contribution in [3.05, 3.63) is 71.8 Å². The van der Waals surface area contributed by atoms with E-state index in [0.29, 0.717) is 12.3 Å². The Labute approximate surface area is 126 Å². The van der Waals surface area contributed by atoms with Gasteiger partial charge in [0.1, 0.15) is 0 Å². The van der Waals surface area contributed by atoms with Crippen LogP contribution in [-0.4, -0.2) is 23.9 Å². The van der Waals surface area contributed by atoms with Crippen LogP contribution in [0.5, 0.6) is 0 Å². The largest absolute Gasteiger partial charge is 0.342 e. The third-order valence-corrected chi connectivity index (χ3v) is 4.24. The van der Waals surface area contributed by atoms with Crippen molar-refractivity contribution in [2.75, 3.05) is 13.1 Å². The summed E-state index contributed by atoms with van der Waals surface area (Å²) in [6.45, 7) is 1.75. The number of carbonyl (C=O) groups excluding carboxylic acids is 1. The molecule has 2 aromatic rings. The maximum Gasteiger partial charge on any atom is 0.227 e. The van der Waals surface area contributed by atoms with Crippen molar-refractivity contribution < 1.29 is 4.79 Å². The average molecular weight is 279 g/mol. The van der Waals surface area contributed by atoms with Crippen LogP contribution in [-0.2, 0) is 11.2 Å². The van der Waals surface area contributed by atoms with E-state index < -0.39 is 0 Å². The average Bonchev–Trinajstić information content (AvgIpc) is 2.57. The van der Waals surface area contributed by atoms with Crippen LogP contribution < -0.4 is 0 Å². The van der Waals surface area contributed by atoms with Gasteiger partial charge in [-0.05, 0) is 24.0 Å². The lowest BCUT2D eigenvalue weighted by molar-refractivity contribution is -0.131. The van der Waals surface area contributed by atoms with Gasteiger partial charge in [0.15, 0.2) is 0 Å². The minimum absolute atomic E-state index is 0.252. The van der Waals surface area contributed by atoms with Gasteiger partial charge in [-0.3, -0.25) is 4.79 Å². The molecule has 1 aliphatic rings. The van der Waals surface area contributed by atoms with E-state index >= 15 is 0 Å². The van der Waals surface area contributed by atoms with E-state index in [1.165, 1.54) is 12.0 Å². The highest BCUT2D eigenvalue weighted by Gasteiger charge is 2.24. The van der Waals surface area contributed by atoms with Gasteiger partial charge in [-0.15, -0.1) is 0 Å². The Bertz CT molecular complexity index is 579. The third-order valence-electron chi connectivity index (χ3n) is 4.24. The monoisotopic (exact) mass is 279 g/mol. The van der Waals surface area contributed by atoms with E-state index in [-0.39, 0.29) is 5.91 Å². The molecule has 1 atom stereocenters. The van der Waals surface area contributed by atoms with Crippen LogP contribution in [0.3, 0.4) is 0 Å². The van der Waals surface area contributed by atoms with Crippen molar-refractivity contribution in [1.82, 2.24) is 4.90 Å². The molecular weight excluding hydrogens is 258 g/mol. The van der Waals surface area contributed by atoms with E-state index in [0.717, 1.165) is 25.1 Å². The van der Waals surface area contributed by atoms with Crippen molar-refractivity contribution >= 4 is 5.91 Å². The summed E-state index contributed by atoms with van der Waals surface area (Å²) in [4.78, 5) is 14.5. The number of nitrogens with zero attached hydrogens (tertiary/aromatic N) is 1. The van der Waals surface area contributed by atoms with Gasteiger partial charge in [-0.25, -0.2) is 0 Å². The van der Waals surface area contributed by atoms with Gasteiger partial charge in [0.2, 0.25) is 5.91 Å². The molecule has 2 heteroatoms. The molecule has 1 saturated heterocycles. The van der Waals surface area contributed by atoms with Crippen molar-refractivity contribution in [2.45, 2.75) is 25.2 Å². The molecule has 1 unspecified atom stereocenters. The molecule has 0 spiro atoms. The van der Waals surface area contributed by atoms with Gasteiger partial charge >= 0.3 is 0 Å². The number of hydrogen-bond acceptors (Lipinski definition) is 1. The summed E-state index contributed by atoms with van der Waals surface area (Å²) >= 11 is 0. The van der Waals surface area contributed by atoms with Gasteiger partial charge in [0, 0.05) is 19.0 Å².